The van der Waals surface area contributed by atoms with E-state index in [0.29, 0.717) is 16.8 Å². The van der Waals surface area contributed by atoms with E-state index in [1.165, 1.54) is 18.2 Å². The number of halogens is 2. The summed E-state index contributed by atoms with van der Waals surface area (Å²) in [5, 5.41) is 4.20. The average molecular weight is 337 g/mol. The molecule has 0 unspecified atom stereocenters. The van der Waals surface area contributed by atoms with Gasteiger partial charge in [-0.25, -0.2) is 4.39 Å². The SMILES string of the molecule is Cc1nn(C)c(C)c1C(=O)/C=C\c1cc(Br)ccc1F. The zero-order valence-corrected chi connectivity index (χ0v) is 13.0. The lowest BCUT2D eigenvalue weighted by molar-refractivity contribution is 0.104. The molecule has 0 bridgehead atoms. The van der Waals surface area contributed by atoms with Gasteiger partial charge in [-0.2, -0.15) is 5.10 Å². The number of aryl methyl sites for hydroxylation is 2. The van der Waals surface area contributed by atoms with E-state index in [0.717, 1.165) is 10.2 Å². The third-order valence-corrected chi connectivity index (χ3v) is 3.62. The van der Waals surface area contributed by atoms with Gasteiger partial charge in [0.2, 0.25) is 0 Å². The van der Waals surface area contributed by atoms with E-state index in [1.54, 1.807) is 30.8 Å². The number of rotatable bonds is 3. The first-order chi connectivity index (χ1) is 9.40. The second-order valence-corrected chi connectivity index (χ2v) is 5.45. The lowest BCUT2D eigenvalue weighted by atomic mass is 10.1. The van der Waals surface area contributed by atoms with Crippen molar-refractivity contribution in [3.8, 4) is 0 Å². The van der Waals surface area contributed by atoms with Crippen LogP contribution in [-0.2, 0) is 7.05 Å². The molecule has 0 aliphatic heterocycles. The molecule has 2 rings (SSSR count). The number of carbonyl (C=O) groups excluding carboxylic acids is 1. The van der Waals surface area contributed by atoms with Crippen LogP contribution in [0.15, 0.2) is 28.7 Å². The number of hydrogen-bond acceptors (Lipinski definition) is 2. The molecule has 0 spiro atoms. The van der Waals surface area contributed by atoms with Crippen molar-refractivity contribution in [2.45, 2.75) is 13.8 Å². The molecule has 3 nitrogen and oxygen atoms in total. The van der Waals surface area contributed by atoms with Crippen LogP contribution in [-0.4, -0.2) is 15.6 Å². The Labute approximate surface area is 125 Å². The van der Waals surface area contributed by atoms with Crippen molar-refractivity contribution in [3.63, 3.8) is 0 Å². The molecular formula is C15H14BrFN2O. The highest BCUT2D eigenvalue weighted by atomic mass is 79.9. The fraction of sp³-hybridized carbons (Fsp3) is 0.200. The molecule has 0 aliphatic rings. The van der Waals surface area contributed by atoms with Gasteiger partial charge < -0.3 is 0 Å². The summed E-state index contributed by atoms with van der Waals surface area (Å²) in [6, 6.07) is 4.60. The van der Waals surface area contributed by atoms with E-state index in [9.17, 15) is 9.18 Å². The van der Waals surface area contributed by atoms with Gasteiger partial charge in [0, 0.05) is 22.8 Å². The van der Waals surface area contributed by atoms with Crippen LogP contribution >= 0.6 is 15.9 Å². The van der Waals surface area contributed by atoms with E-state index < -0.39 is 0 Å². The molecule has 5 heteroatoms. The van der Waals surface area contributed by atoms with Crippen LogP contribution in [0.1, 0.15) is 27.3 Å². The van der Waals surface area contributed by atoms with Gasteiger partial charge in [-0.3, -0.25) is 9.48 Å². The van der Waals surface area contributed by atoms with Crippen LogP contribution in [0, 0.1) is 19.7 Å². The Morgan fingerprint density at radius 3 is 2.70 bits per heavy atom. The fourth-order valence-corrected chi connectivity index (χ4v) is 2.40. The Balaban J connectivity index is 2.32. The molecule has 0 N–H and O–H groups in total. The van der Waals surface area contributed by atoms with Crippen molar-refractivity contribution in [1.29, 1.82) is 0 Å². The molecule has 2 aromatic rings. The van der Waals surface area contributed by atoms with Gasteiger partial charge in [-0.15, -0.1) is 0 Å². The molecule has 0 radical (unpaired) electrons. The molecule has 1 aromatic heterocycles. The van der Waals surface area contributed by atoms with Gasteiger partial charge in [0.15, 0.2) is 5.78 Å². The minimum atomic E-state index is -0.364. The summed E-state index contributed by atoms with van der Waals surface area (Å²) in [6.45, 7) is 3.62. The topological polar surface area (TPSA) is 34.9 Å². The van der Waals surface area contributed by atoms with Gasteiger partial charge in [-0.05, 0) is 44.2 Å². The Morgan fingerprint density at radius 2 is 2.10 bits per heavy atom. The Kier molecular flexibility index (Phi) is 4.18. The molecule has 20 heavy (non-hydrogen) atoms. The van der Waals surface area contributed by atoms with E-state index in [-0.39, 0.29) is 11.6 Å². The van der Waals surface area contributed by atoms with Gasteiger partial charge in [0.25, 0.3) is 0 Å². The second kappa shape index (κ2) is 5.71. The van der Waals surface area contributed by atoms with Gasteiger partial charge in [0.1, 0.15) is 5.82 Å². The lowest BCUT2D eigenvalue weighted by Gasteiger charge is -1.99. The maximum absolute atomic E-state index is 13.6. The first kappa shape index (κ1) is 14.7. The van der Waals surface area contributed by atoms with Crippen molar-refractivity contribution in [1.82, 2.24) is 9.78 Å². The molecule has 0 saturated carbocycles. The molecule has 1 aromatic carbocycles. The summed E-state index contributed by atoms with van der Waals surface area (Å²) in [7, 11) is 1.79. The van der Waals surface area contributed by atoms with Crippen molar-refractivity contribution >= 4 is 27.8 Å². The number of benzene rings is 1. The first-order valence-electron chi connectivity index (χ1n) is 6.08. The molecule has 0 amide bonds. The third kappa shape index (κ3) is 2.88. The Bertz CT molecular complexity index is 704. The number of carbonyl (C=O) groups is 1. The third-order valence-electron chi connectivity index (χ3n) is 3.13. The second-order valence-electron chi connectivity index (χ2n) is 4.53. The predicted molar refractivity (Wildman–Crippen MR) is 80.1 cm³/mol. The highest BCUT2D eigenvalue weighted by Crippen LogP contribution is 2.18. The minimum absolute atomic E-state index is 0.174. The van der Waals surface area contributed by atoms with Crippen molar-refractivity contribution < 1.29 is 9.18 Å². The van der Waals surface area contributed by atoms with Gasteiger partial charge in [-0.1, -0.05) is 15.9 Å². The van der Waals surface area contributed by atoms with Crippen LogP contribution in [0.3, 0.4) is 0 Å². The van der Waals surface area contributed by atoms with E-state index in [1.807, 2.05) is 6.92 Å². The highest BCUT2D eigenvalue weighted by Gasteiger charge is 2.14. The standard InChI is InChI=1S/C15H14BrFN2O/c1-9-15(10(2)19(3)18-9)14(20)7-4-11-8-12(16)5-6-13(11)17/h4-8H,1-3H3/b7-4-. The smallest absolute Gasteiger partial charge is 0.189 e. The molecule has 1 heterocycles. The number of aromatic nitrogens is 2. The lowest BCUT2D eigenvalue weighted by Crippen LogP contribution is -1.99. The van der Waals surface area contributed by atoms with Gasteiger partial charge >= 0.3 is 0 Å². The number of ketones is 1. The maximum atomic E-state index is 13.6. The van der Waals surface area contributed by atoms with E-state index in [4.69, 9.17) is 0 Å². The molecule has 0 fully saturated rings. The van der Waals surface area contributed by atoms with Crippen molar-refractivity contribution in [2.75, 3.05) is 0 Å². The molecule has 0 aliphatic carbocycles. The fourth-order valence-electron chi connectivity index (χ4n) is 2.02. The zero-order chi connectivity index (χ0) is 14.9. The summed E-state index contributed by atoms with van der Waals surface area (Å²) >= 11 is 3.28. The summed E-state index contributed by atoms with van der Waals surface area (Å²) in [6.07, 6.45) is 2.86. The highest BCUT2D eigenvalue weighted by molar-refractivity contribution is 9.10. The normalized spacial score (nSPS) is 11.2. The predicted octanol–water partition coefficient (Wildman–Crippen LogP) is 3.83. The quantitative estimate of drug-likeness (QED) is 0.630. The van der Waals surface area contributed by atoms with Crippen LogP contribution in [0.25, 0.3) is 6.08 Å². The van der Waals surface area contributed by atoms with Crippen LogP contribution in [0.4, 0.5) is 4.39 Å². The summed E-state index contributed by atoms with van der Waals surface area (Å²) < 4.78 is 16.0. The molecule has 104 valence electrons. The van der Waals surface area contributed by atoms with E-state index >= 15 is 0 Å². The molecule has 0 saturated heterocycles. The van der Waals surface area contributed by atoms with Crippen LogP contribution in [0.5, 0.6) is 0 Å². The monoisotopic (exact) mass is 336 g/mol. The van der Waals surface area contributed by atoms with E-state index in [2.05, 4.69) is 21.0 Å². The Morgan fingerprint density at radius 1 is 1.40 bits per heavy atom. The average Bonchev–Trinajstić information content (AvgIpc) is 2.64. The van der Waals surface area contributed by atoms with Crippen LogP contribution < -0.4 is 0 Å². The molecule has 0 atom stereocenters. The summed E-state index contributed by atoms with van der Waals surface area (Å²) in [5.41, 5.74) is 2.41. The summed E-state index contributed by atoms with van der Waals surface area (Å²) in [5.74, 6) is -0.538. The zero-order valence-electron chi connectivity index (χ0n) is 11.4. The largest absolute Gasteiger partial charge is 0.289 e. The number of nitrogens with zero attached hydrogens (tertiary/aromatic N) is 2. The van der Waals surface area contributed by atoms with Crippen molar-refractivity contribution in [2.24, 2.45) is 7.05 Å². The van der Waals surface area contributed by atoms with Crippen molar-refractivity contribution in [3.05, 3.63) is 57.1 Å². The Hall–Kier alpha value is -1.75. The maximum Gasteiger partial charge on any atom is 0.189 e. The van der Waals surface area contributed by atoms with Crippen LogP contribution in [0.2, 0.25) is 0 Å². The minimum Gasteiger partial charge on any atom is -0.289 e. The number of hydrogen-bond donors (Lipinski definition) is 0. The molecular weight excluding hydrogens is 323 g/mol. The number of allylic oxidation sites excluding steroid dienone is 1. The summed E-state index contributed by atoms with van der Waals surface area (Å²) in [4.78, 5) is 12.2. The van der Waals surface area contributed by atoms with Gasteiger partial charge in [0.05, 0.1) is 11.3 Å². The first-order valence-corrected chi connectivity index (χ1v) is 6.87.